The number of aliphatic imine (C=N–C) groups is 1. The van der Waals surface area contributed by atoms with E-state index in [1.165, 1.54) is 6.42 Å². The monoisotopic (exact) mass is 426 g/mol. The molecule has 1 heterocycles. The van der Waals surface area contributed by atoms with E-state index in [4.69, 9.17) is 23.2 Å². The highest BCUT2D eigenvalue weighted by molar-refractivity contribution is 6.30. The van der Waals surface area contributed by atoms with Gasteiger partial charge in [-0.1, -0.05) is 59.6 Å². The molecule has 4 nitrogen and oxygen atoms in total. The van der Waals surface area contributed by atoms with Crippen LogP contribution in [0.15, 0.2) is 70.8 Å². The number of hydrazone groups is 1. The van der Waals surface area contributed by atoms with Gasteiger partial charge in [0.2, 0.25) is 5.96 Å². The quantitative estimate of drug-likeness (QED) is 0.468. The standard InChI is InChI=1S/C23H24Cl2N4/c24-20-10-4-18(5-11-20)8-14-22(15-9-19-6-12-21(25)13-7-19)28-29-23-26-16-2-1-3-17-27-23/h4-15H,1-3,16-17H2,(H2,26,27,29). The van der Waals surface area contributed by atoms with Gasteiger partial charge in [-0.2, -0.15) is 5.10 Å². The minimum absolute atomic E-state index is 0.710. The van der Waals surface area contributed by atoms with Crippen LogP contribution in [0.25, 0.3) is 12.2 Å². The average Bonchev–Trinajstić information content (AvgIpc) is 2.71. The summed E-state index contributed by atoms with van der Waals surface area (Å²) >= 11 is 11.9. The summed E-state index contributed by atoms with van der Waals surface area (Å²) in [5.41, 5.74) is 5.92. The first-order chi connectivity index (χ1) is 14.2. The second-order valence-corrected chi connectivity index (χ2v) is 7.51. The maximum atomic E-state index is 5.97. The van der Waals surface area contributed by atoms with Crippen molar-refractivity contribution < 1.29 is 0 Å². The summed E-state index contributed by atoms with van der Waals surface area (Å²) < 4.78 is 0. The SMILES string of the molecule is Clc1ccc(C=CC(C=Cc2ccc(Cl)cc2)=NNC2=NCCCCCN2)cc1. The van der Waals surface area contributed by atoms with Crippen molar-refractivity contribution in [2.75, 3.05) is 13.1 Å². The minimum Gasteiger partial charge on any atom is -0.355 e. The van der Waals surface area contributed by atoms with E-state index in [-0.39, 0.29) is 0 Å². The van der Waals surface area contributed by atoms with Gasteiger partial charge in [-0.3, -0.25) is 4.99 Å². The van der Waals surface area contributed by atoms with Crippen molar-refractivity contribution >= 4 is 47.0 Å². The Morgan fingerprint density at radius 1 is 0.862 bits per heavy atom. The Morgan fingerprint density at radius 2 is 1.45 bits per heavy atom. The highest BCUT2D eigenvalue weighted by Gasteiger charge is 2.01. The molecule has 150 valence electrons. The van der Waals surface area contributed by atoms with E-state index in [2.05, 4.69) is 20.8 Å². The zero-order valence-corrected chi connectivity index (χ0v) is 17.6. The molecule has 0 fully saturated rings. The van der Waals surface area contributed by atoms with Gasteiger partial charge in [0, 0.05) is 23.1 Å². The summed E-state index contributed by atoms with van der Waals surface area (Å²) in [6.07, 6.45) is 11.3. The lowest BCUT2D eigenvalue weighted by molar-refractivity contribution is 0.640. The van der Waals surface area contributed by atoms with Crippen molar-refractivity contribution in [3.05, 3.63) is 81.9 Å². The molecule has 6 heteroatoms. The molecule has 0 unspecified atom stereocenters. The van der Waals surface area contributed by atoms with Crippen LogP contribution in [-0.4, -0.2) is 24.8 Å². The number of rotatable bonds is 5. The lowest BCUT2D eigenvalue weighted by Gasteiger charge is -2.12. The summed E-state index contributed by atoms with van der Waals surface area (Å²) in [4.78, 5) is 4.52. The molecule has 1 aliphatic rings. The maximum Gasteiger partial charge on any atom is 0.212 e. The van der Waals surface area contributed by atoms with Crippen LogP contribution in [-0.2, 0) is 0 Å². The highest BCUT2D eigenvalue weighted by atomic mass is 35.5. The third kappa shape index (κ3) is 7.76. The Morgan fingerprint density at radius 3 is 2.03 bits per heavy atom. The van der Waals surface area contributed by atoms with Crippen molar-refractivity contribution in [1.29, 1.82) is 0 Å². The smallest absolute Gasteiger partial charge is 0.212 e. The lowest BCUT2D eigenvalue weighted by atomic mass is 10.1. The van der Waals surface area contributed by atoms with Crippen molar-refractivity contribution in [2.45, 2.75) is 19.3 Å². The fourth-order valence-electron chi connectivity index (χ4n) is 2.70. The topological polar surface area (TPSA) is 48.8 Å². The molecule has 0 amide bonds. The number of hydrogen-bond donors (Lipinski definition) is 2. The summed E-state index contributed by atoms with van der Waals surface area (Å²) in [7, 11) is 0. The Labute approximate surface area is 182 Å². The zero-order chi connectivity index (χ0) is 20.3. The van der Waals surface area contributed by atoms with Gasteiger partial charge in [-0.05, 0) is 66.8 Å². The number of nitrogens with zero attached hydrogens (tertiary/aromatic N) is 2. The molecule has 0 aliphatic carbocycles. The summed E-state index contributed by atoms with van der Waals surface area (Å²) in [5, 5.41) is 9.26. The first-order valence-electron chi connectivity index (χ1n) is 9.68. The normalized spacial score (nSPS) is 14.8. The number of guanidine groups is 1. The van der Waals surface area contributed by atoms with Crippen molar-refractivity contribution in [1.82, 2.24) is 10.7 Å². The molecule has 0 saturated carbocycles. The molecule has 0 radical (unpaired) electrons. The minimum atomic E-state index is 0.710. The van der Waals surface area contributed by atoms with Gasteiger partial charge in [0.1, 0.15) is 0 Å². The van der Waals surface area contributed by atoms with Crippen LogP contribution in [0.3, 0.4) is 0 Å². The van der Waals surface area contributed by atoms with Crippen molar-refractivity contribution in [3.63, 3.8) is 0 Å². The van der Waals surface area contributed by atoms with Crippen LogP contribution < -0.4 is 10.7 Å². The molecule has 0 aromatic heterocycles. The lowest BCUT2D eigenvalue weighted by Crippen LogP contribution is -2.36. The summed E-state index contributed by atoms with van der Waals surface area (Å²) in [5.74, 6) is 0.710. The van der Waals surface area contributed by atoms with Gasteiger partial charge >= 0.3 is 0 Å². The van der Waals surface area contributed by atoms with E-state index in [1.807, 2.05) is 72.8 Å². The highest BCUT2D eigenvalue weighted by Crippen LogP contribution is 2.12. The number of nitrogens with one attached hydrogen (secondary N) is 2. The number of halogens is 2. The van der Waals surface area contributed by atoms with E-state index in [1.54, 1.807) is 0 Å². The Hall–Kier alpha value is -2.56. The fourth-order valence-corrected chi connectivity index (χ4v) is 2.95. The Bertz CT molecular complexity index is 840. The van der Waals surface area contributed by atoms with E-state index in [9.17, 15) is 0 Å². The molecular weight excluding hydrogens is 403 g/mol. The van der Waals surface area contributed by atoms with Gasteiger partial charge in [0.05, 0.1) is 5.71 Å². The van der Waals surface area contributed by atoms with E-state index >= 15 is 0 Å². The molecular formula is C23H24Cl2N4. The fraction of sp³-hybridized carbons (Fsp3) is 0.217. The second kappa shape index (κ2) is 11.4. The first kappa shape index (κ1) is 21.2. The van der Waals surface area contributed by atoms with Gasteiger partial charge in [0.15, 0.2) is 0 Å². The predicted molar refractivity (Wildman–Crippen MR) is 126 cm³/mol. The van der Waals surface area contributed by atoms with Gasteiger partial charge in [0.25, 0.3) is 0 Å². The van der Waals surface area contributed by atoms with Crippen LogP contribution in [0.1, 0.15) is 30.4 Å². The molecule has 2 N–H and O–H groups in total. The van der Waals surface area contributed by atoms with Crippen LogP contribution in [0, 0.1) is 0 Å². The van der Waals surface area contributed by atoms with E-state index < -0.39 is 0 Å². The molecule has 29 heavy (non-hydrogen) atoms. The largest absolute Gasteiger partial charge is 0.355 e. The van der Waals surface area contributed by atoms with Gasteiger partial charge < -0.3 is 5.32 Å². The summed E-state index contributed by atoms with van der Waals surface area (Å²) in [6.45, 7) is 1.71. The van der Waals surface area contributed by atoms with Gasteiger partial charge in [-0.15, -0.1) is 0 Å². The van der Waals surface area contributed by atoms with Crippen LogP contribution >= 0.6 is 23.2 Å². The van der Waals surface area contributed by atoms with Crippen molar-refractivity contribution in [3.8, 4) is 0 Å². The zero-order valence-electron chi connectivity index (χ0n) is 16.1. The maximum absolute atomic E-state index is 5.97. The molecule has 3 rings (SSSR count). The van der Waals surface area contributed by atoms with E-state index in [0.29, 0.717) is 16.0 Å². The summed E-state index contributed by atoms with van der Waals surface area (Å²) in [6, 6.07) is 15.3. The average molecular weight is 427 g/mol. The van der Waals surface area contributed by atoms with Crippen LogP contribution in [0.4, 0.5) is 0 Å². The molecule has 1 aliphatic heterocycles. The molecule has 0 saturated heterocycles. The van der Waals surface area contributed by atoms with Gasteiger partial charge in [-0.25, -0.2) is 5.43 Å². The first-order valence-corrected chi connectivity index (χ1v) is 10.4. The number of hydrogen-bond acceptors (Lipinski definition) is 4. The molecule has 2 aromatic rings. The Kier molecular flexibility index (Phi) is 8.35. The van der Waals surface area contributed by atoms with E-state index in [0.717, 1.165) is 42.8 Å². The molecule has 2 aromatic carbocycles. The predicted octanol–water partition coefficient (Wildman–Crippen LogP) is 5.80. The van der Waals surface area contributed by atoms with Crippen LogP contribution in [0.5, 0.6) is 0 Å². The number of benzene rings is 2. The third-order valence-corrected chi connectivity index (χ3v) is 4.83. The molecule has 0 atom stereocenters. The number of allylic oxidation sites excluding steroid dienone is 2. The molecule has 0 bridgehead atoms. The molecule has 0 spiro atoms. The van der Waals surface area contributed by atoms with Crippen molar-refractivity contribution in [2.24, 2.45) is 10.1 Å². The second-order valence-electron chi connectivity index (χ2n) is 6.64. The third-order valence-electron chi connectivity index (χ3n) is 4.32. The van der Waals surface area contributed by atoms with Crippen LogP contribution in [0.2, 0.25) is 10.0 Å². The Balaban J connectivity index is 1.77.